The maximum absolute atomic E-state index is 12.3. The summed E-state index contributed by atoms with van der Waals surface area (Å²) in [6, 6.07) is 6.38. The highest BCUT2D eigenvalue weighted by Gasteiger charge is 2.51. The lowest BCUT2D eigenvalue weighted by Gasteiger charge is -2.48. The Hall–Kier alpha value is -2.40. The maximum Gasteiger partial charge on any atom is 0.332 e. The number of hydrogen-bond donors (Lipinski definition) is 0. The molecule has 2 aliphatic heterocycles. The fraction of sp³-hybridized carbons (Fsp3) is 0.682. The van der Waals surface area contributed by atoms with E-state index < -0.39 is 48.5 Å². The van der Waals surface area contributed by atoms with Gasteiger partial charge in [0.2, 0.25) is 0 Å². The first-order valence-electron chi connectivity index (χ1n) is 10.8. The van der Waals surface area contributed by atoms with Gasteiger partial charge in [0, 0.05) is 17.1 Å². The Morgan fingerprint density at radius 3 is 2.55 bits per heavy atom. The number of benzene rings is 1. The zero-order valence-corrected chi connectivity index (χ0v) is 19.5. The van der Waals surface area contributed by atoms with Crippen molar-refractivity contribution in [3.05, 3.63) is 40.3 Å². The molecule has 33 heavy (non-hydrogen) atoms. The van der Waals surface area contributed by atoms with Crippen molar-refractivity contribution >= 4 is 5.97 Å². The Morgan fingerprint density at radius 1 is 1.21 bits per heavy atom. The fourth-order valence-electron chi connectivity index (χ4n) is 3.70. The summed E-state index contributed by atoms with van der Waals surface area (Å²) in [4.78, 5) is 15.2. The average Bonchev–Trinajstić information content (AvgIpc) is 2.77. The number of esters is 1. The van der Waals surface area contributed by atoms with Gasteiger partial charge in [-0.1, -0.05) is 17.2 Å². The predicted molar refractivity (Wildman–Crippen MR) is 115 cm³/mol. The standard InChI is InChI=1S/C22H31N3O8/c1-6-28-21-17(24-25-23)19(29-12-16(26)33-22(2,3)4)18-15(31-21)11-30-20(32-18)13-7-9-14(27-5)10-8-13/h7-10,15,17-21H,6,11-12H2,1-5H3/t15?,17?,18-,19-,20?,21-/m1/s1. The Balaban J connectivity index is 1.81. The van der Waals surface area contributed by atoms with Gasteiger partial charge in [-0.25, -0.2) is 4.79 Å². The molecule has 2 aliphatic rings. The molecule has 3 unspecified atom stereocenters. The van der Waals surface area contributed by atoms with Crippen LogP contribution in [-0.2, 0) is 33.2 Å². The highest BCUT2D eigenvalue weighted by atomic mass is 16.8. The highest BCUT2D eigenvalue weighted by molar-refractivity contribution is 5.71. The van der Waals surface area contributed by atoms with Crippen molar-refractivity contribution in [3.8, 4) is 5.75 Å². The topological polar surface area (TPSA) is 130 Å². The summed E-state index contributed by atoms with van der Waals surface area (Å²) >= 11 is 0. The third-order valence-corrected chi connectivity index (χ3v) is 5.02. The van der Waals surface area contributed by atoms with E-state index in [0.717, 1.165) is 5.56 Å². The molecule has 0 bridgehead atoms. The van der Waals surface area contributed by atoms with Crippen molar-refractivity contribution in [2.24, 2.45) is 5.11 Å². The quantitative estimate of drug-likeness (QED) is 0.247. The van der Waals surface area contributed by atoms with Gasteiger partial charge in [0.15, 0.2) is 12.6 Å². The van der Waals surface area contributed by atoms with Crippen LogP contribution < -0.4 is 4.74 Å². The second-order valence-electron chi connectivity index (χ2n) is 8.59. The Morgan fingerprint density at radius 2 is 1.94 bits per heavy atom. The molecule has 1 aromatic rings. The lowest BCUT2D eigenvalue weighted by atomic mass is 9.96. The van der Waals surface area contributed by atoms with Crippen molar-refractivity contribution < 1.29 is 38.0 Å². The van der Waals surface area contributed by atoms with Crippen LogP contribution in [0, 0.1) is 0 Å². The van der Waals surface area contributed by atoms with Gasteiger partial charge in [-0.3, -0.25) is 0 Å². The molecule has 1 aromatic carbocycles. The minimum atomic E-state index is -0.881. The van der Waals surface area contributed by atoms with E-state index in [1.807, 2.05) is 12.1 Å². The van der Waals surface area contributed by atoms with Gasteiger partial charge in [-0.15, -0.1) is 0 Å². The van der Waals surface area contributed by atoms with Crippen LogP contribution in [0.4, 0.5) is 0 Å². The molecule has 3 rings (SSSR count). The largest absolute Gasteiger partial charge is 0.497 e. The van der Waals surface area contributed by atoms with Crippen LogP contribution in [0.1, 0.15) is 39.5 Å². The third kappa shape index (κ3) is 6.57. The van der Waals surface area contributed by atoms with E-state index in [-0.39, 0.29) is 13.2 Å². The molecule has 0 aliphatic carbocycles. The summed E-state index contributed by atoms with van der Waals surface area (Å²) < 4.78 is 40.2. The molecule has 11 nitrogen and oxygen atoms in total. The molecule has 0 radical (unpaired) electrons. The SMILES string of the molecule is CCO[C@@H]1OC2COC(c3ccc(OC)cc3)O[C@H]2[C@H](OCC(=O)OC(C)(C)C)C1N=[N+]=[N-]. The van der Waals surface area contributed by atoms with Crippen LogP contribution in [-0.4, -0.2) is 69.1 Å². The number of carbonyl (C=O) groups is 1. The maximum atomic E-state index is 12.3. The van der Waals surface area contributed by atoms with Crippen LogP contribution >= 0.6 is 0 Å². The first kappa shape index (κ1) is 25.2. The van der Waals surface area contributed by atoms with Crippen LogP contribution in [0.3, 0.4) is 0 Å². The smallest absolute Gasteiger partial charge is 0.332 e. The van der Waals surface area contributed by atoms with Crippen LogP contribution in [0.2, 0.25) is 0 Å². The zero-order chi connectivity index (χ0) is 24.0. The summed E-state index contributed by atoms with van der Waals surface area (Å²) in [5.74, 6) is 0.159. The second kappa shape index (κ2) is 11.1. The van der Waals surface area contributed by atoms with Crippen molar-refractivity contribution in [3.63, 3.8) is 0 Å². The van der Waals surface area contributed by atoms with E-state index in [9.17, 15) is 4.79 Å². The van der Waals surface area contributed by atoms with Gasteiger partial charge in [-0.05, 0) is 45.4 Å². The van der Waals surface area contributed by atoms with Gasteiger partial charge in [0.25, 0.3) is 0 Å². The summed E-state index contributed by atoms with van der Waals surface area (Å²) in [6.45, 7) is 7.28. The summed E-state index contributed by atoms with van der Waals surface area (Å²) in [5.41, 5.74) is 9.26. The lowest BCUT2D eigenvalue weighted by molar-refractivity contribution is -0.345. The van der Waals surface area contributed by atoms with E-state index in [1.54, 1.807) is 46.9 Å². The van der Waals surface area contributed by atoms with Crippen molar-refractivity contribution in [2.45, 2.75) is 70.2 Å². The zero-order valence-electron chi connectivity index (χ0n) is 19.5. The second-order valence-corrected chi connectivity index (χ2v) is 8.59. The van der Waals surface area contributed by atoms with Crippen molar-refractivity contribution in [1.29, 1.82) is 0 Å². The molecule has 0 aromatic heterocycles. The lowest BCUT2D eigenvalue weighted by Crippen LogP contribution is -2.62. The summed E-state index contributed by atoms with van der Waals surface area (Å²) in [7, 11) is 1.59. The molecule has 0 N–H and O–H groups in total. The summed E-state index contributed by atoms with van der Waals surface area (Å²) in [6.07, 6.45) is -3.64. The fourth-order valence-corrected chi connectivity index (χ4v) is 3.70. The van der Waals surface area contributed by atoms with Gasteiger partial charge in [0.1, 0.15) is 42.3 Å². The van der Waals surface area contributed by atoms with Gasteiger partial charge >= 0.3 is 5.97 Å². The molecular formula is C22H31N3O8. The molecule has 0 spiro atoms. The first-order chi connectivity index (χ1) is 15.8. The number of carbonyl (C=O) groups excluding carboxylic acids is 1. The highest BCUT2D eigenvalue weighted by Crippen LogP contribution is 2.37. The summed E-state index contributed by atoms with van der Waals surface area (Å²) in [5, 5.41) is 3.85. The number of rotatable bonds is 8. The Bertz CT molecular complexity index is 837. The number of fused-ring (bicyclic) bond motifs is 1. The number of hydrogen-bond acceptors (Lipinski definition) is 9. The van der Waals surface area contributed by atoms with E-state index in [4.69, 9.17) is 38.7 Å². The van der Waals surface area contributed by atoms with Crippen molar-refractivity contribution in [2.75, 3.05) is 26.9 Å². The van der Waals surface area contributed by atoms with E-state index in [2.05, 4.69) is 10.0 Å². The van der Waals surface area contributed by atoms with E-state index in [0.29, 0.717) is 12.4 Å². The van der Waals surface area contributed by atoms with Gasteiger partial charge < -0.3 is 33.2 Å². The molecule has 6 atom stereocenters. The normalized spacial score (nSPS) is 29.5. The Kier molecular flexibility index (Phi) is 8.52. The minimum Gasteiger partial charge on any atom is -0.497 e. The molecule has 11 heteroatoms. The molecule has 2 heterocycles. The van der Waals surface area contributed by atoms with Gasteiger partial charge in [-0.2, -0.15) is 0 Å². The molecular weight excluding hydrogens is 434 g/mol. The number of azide groups is 1. The molecule has 182 valence electrons. The minimum absolute atomic E-state index is 0.195. The van der Waals surface area contributed by atoms with Crippen LogP contribution in [0.15, 0.2) is 29.4 Å². The average molecular weight is 466 g/mol. The Labute approximate surface area is 192 Å². The van der Waals surface area contributed by atoms with Crippen LogP contribution in [0.5, 0.6) is 5.75 Å². The molecule has 2 saturated heterocycles. The first-order valence-corrected chi connectivity index (χ1v) is 10.8. The number of ether oxygens (including phenoxy) is 7. The number of methoxy groups -OCH3 is 1. The van der Waals surface area contributed by atoms with E-state index in [1.165, 1.54) is 0 Å². The van der Waals surface area contributed by atoms with Crippen molar-refractivity contribution in [1.82, 2.24) is 0 Å². The van der Waals surface area contributed by atoms with E-state index >= 15 is 0 Å². The van der Waals surface area contributed by atoms with Gasteiger partial charge in [0.05, 0.1) is 13.7 Å². The van der Waals surface area contributed by atoms with Crippen LogP contribution in [0.25, 0.3) is 10.4 Å². The molecule has 2 fully saturated rings. The molecule has 0 amide bonds. The monoisotopic (exact) mass is 465 g/mol. The predicted octanol–water partition coefficient (Wildman–Crippen LogP) is 3.28. The third-order valence-electron chi connectivity index (χ3n) is 5.02. The number of nitrogens with zero attached hydrogens (tertiary/aromatic N) is 3. The molecule has 0 saturated carbocycles.